The Balaban J connectivity index is 2.11. The first kappa shape index (κ1) is 11.9. The minimum Gasteiger partial charge on any atom is -0.327 e. The van der Waals surface area contributed by atoms with Crippen molar-refractivity contribution in [2.45, 2.75) is 6.54 Å². The molecule has 0 N–H and O–H groups in total. The fraction of sp³-hybridized carbons (Fsp3) is 0.0833. The van der Waals surface area contributed by atoms with E-state index in [1.165, 1.54) is 11.9 Å². The van der Waals surface area contributed by atoms with E-state index in [2.05, 4.69) is 42.1 Å². The molecule has 4 nitrogen and oxygen atoms in total. The van der Waals surface area contributed by atoms with Crippen molar-refractivity contribution < 1.29 is 0 Å². The van der Waals surface area contributed by atoms with Gasteiger partial charge in [0.25, 0.3) is 0 Å². The summed E-state index contributed by atoms with van der Waals surface area (Å²) in [5.74, 6) is 0. The van der Waals surface area contributed by atoms with E-state index in [0.29, 0.717) is 5.15 Å². The van der Waals surface area contributed by atoms with Crippen molar-refractivity contribution >= 4 is 45.2 Å². The fourth-order valence-electron chi connectivity index (χ4n) is 1.85. The van der Waals surface area contributed by atoms with Crippen molar-refractivity contribution in [1.29, 1.82) is 0 Å². The highest BCUT2D eigenvalue weighted by molar-refractivity contribution is 14.1. The highest BCUT2D eigenvalue weighted by atomic mass is 127. The first-order valence-corrected chi connectivity index (χ1v) is 6.75. The Hall–Kier alpha value is -1.21. The zero-order valence-electron chi connectivity index (χ0n) is 9.22. The van der Waals surface area contributed by atoms with Crippen molar-refractivity contribution in [1.82, 2.24) is 19.5 Å². The lowest BCUT2D eigenvalue weighted by Crippen LogP contribution is -1.99. The molecule has 0 aliphatic rings. The van der Waals surface area contributed by atoms with Crippen LogP contribution in [0.25, 0.3) is 11.0 Å². The number of rotatable bonds is 2. The van der Waals surface area contributed by atoms with Gasteiger partial charge >= 0.3 is 0 Å². The van der Waals surface area contributed by atoms with E-state index < -0.39 is 0 Å². The molecule has 0 amide bonds. The van der Waals surface area contributed by atoms with Gasteiger partial charge in [0.15, 0.2) is 0 Å². The van der Waals surface area contributed by atoms with Crippen LogP contribution in [0.2, 0.25) is 5.15 Å². The smallest absolute Gasteiger partial charge is 0.146 e. The Kier molecular flexibility index (Phi) is 3.17. The molecule has 3 aromatic rings. The van der Waals surface area contributed by atoms with Crippen molar-refractivity contribution in [2.24, 2.45) is 0 Å². The third-order valence-electron chi connectivity index (χ3n) is 2.66. The van der Waals surface area contributed by atoms with Crippen LogP contribution >= 0.6 is 34.2 Å². The number of hydrogen-bond acceptors (Lipinski definition) is 3. The summed E-state index contributed by atoms with van der Waals surface area (Å²) in [6.07, 6.45) is 7.10. The fourth-order valence-corrected chi connectivity index (χ4v) is 3.07. The van der Waals surface area contributed by atoms with E-state index in [4.69, 9.17) is 11.6 Å². The first-order chi connectivity index (χ1) is 8.75. The maximum Gasteiger partial charge on any atom is 0.146 e. The van der Waals surface area contributed by atoms with Crippen LogP contribution in [0.1, 0.15) is 5.56 Å². The minimum atomic E-state index is 0.498. The van der Waals surface area contributed by atoms with Gasteiger partial charge in [0.05, 0.1) is 5.39 Å². The Morgan fingerprint density at radius 3 is 2.78 bits per heavy atom. The van der Waals surface area contributed by atoms with E-state index in [0.717, 1.165) is 21.1 Å². The molecule has 3 aromatic heterocycles. The summed E-state index contributed by atoms with van der Waals surface area (Å²) in [6, 6.07) is 3.98. The third kappa shape index (κ3) is 2.08. The molecule has 18 heavy (non-hydrogen) atoms. The SMILES string of the molecule is Clc1ncnc2c1c(I)cn2Cc1ccncc1. The number of nitrogens with zero attached hydrogens (tertiary/aromatic N) is 4. The van der Waals surface area contributed by atoms with Crippen molar-refractivity contribution in [2.75, 3.05) is 0 Å². The Morgan fingerprint density at radius 1 is 1.22 bits per heavy atom. The number of halogens is 2. The minimum absolute atomic E-state index is 0.498. The number of pyridine rings is 1. The Morgan fingerprint density at radius 2 is 2.00 bits per heavy atom. The highest BCUT2D eigenvalue weighted by Gasteiger charge is 2.11. The van der Waals surface area contributed by atoms with Gasteiger partial charge in [0, 0.05) is 28.7 Å². The van der Waals surface area contributed by atoms with Crippen LogP contribution in [0.5, 0.6) is 0 Å². The van der Waals surface area contributed by atoms with Gasteiger partial charge < -0.3 is 4.57 Å². The van der Waals surface area contributed by atoms with Crippen molar-refractivity contribution in [3.8, 4) is 0 Å². The van der Waals surface area contributed by atoms with Crippen LogP contribution in [-0.2, 0) is 6.54 Å². The molecule has 0 spiro atoms. The van der Waals surface area contributed by atoms with E-state index in [1.54, 1.807) is 12.4 Å². The van der Waals surface area contributed by atoms with Gasteiger partial charge in [-0.3, -0.25) is 4.98 Å². The number of aromatic nitrogens is 4. The summed E-state index contributed by atoms with van der Waals surface area (Å²) in [5.41, 5.74) is 2.03. The average molecular weight is 371 g/mol. The Bertz CT molecular complexity index is 696. The van der Waals surface area contributed by atoms with Crippen LogP contribution < -0.4 is 0 Å². The zero-order chi connectivity index (χ0) is 12.5. The predicted molar refractivity (Wildman–Crippen MR) is 78.6 cm³/mol. The second-order valence-corrected chi connectivity index (χ2v) is 5.34. The molecule has 0 bridgehead atoms. The van der Waals surface area contributed by atoms with Gasteiger partial charge in [-0.15, -0.1) is 0 Å². The molecule has 6 heteroatoms. The molecule has 3 heterocycles. The second-order valence-electron chi connectivity index (χ2n) is 3.82. The molecular formula is C12H8ClIN4. The van der Waals surface area contributed by atoms with Gasteiger partial charge in [-0.2, -0.15) is 0 Å². The molecule has 90 valence electrons. The van der Waals surface area contributed by atoms with Crippen LogP contribution in [0, 0.1) is 3.57 Å². The maximum atomic E-state index is 6.10. The standard InChI is InChI=1S/C12H8ClIN4/c13-11-10-9(14)6-18(12(10)17-7-16-11)5-8-1-3-15-4-2-8/h1-4,6-7H,5H2. The molecule has 0 saturated carbocycles. The average Bonchev–Trinajstić information content (AvgIpc) is 2.69. The summed E-state index contributed by atoms with van der Waals surface area (Å²) < 4.78 is 3.13. The van der Waals surface area contributed by atoms with Crippen LogP contribution in [0.15, 0.2) is 37.1 Å². The molecule has 0 fully saturated rings. The summed E-state index contributed by atoms with van der Waals surface area (Å²) in [5, 5.41) is 1.41. The second kappa shape index (κ2) is 4.81. The topological polar surface area (TPSA) is 43.6 Å². The van der Waals surface area contributed by atoms with Crippen LogP contribution in [0.4, 0.5) is 0 Å². The molecule has 0 saturated heterocycles. The third-order valence-corrected chi connectivity index (χ3v) is 3.77. The molecule has 0 aromatic carbocycles. The first-order valence-electron chi connectivity index (χ1n) is 5.29. The van der Waals surface area contributed by atoms with E-state index in [-0.39, 0.29) is 0 Å². The summed E-state index contributed by atoms with van der Waals surface area (Å²) in [4.78, 5) is 12.3. The molecule has 0 aliphatic heterocycles. The molecule has 3 rings (SSSR count). The van der Waals surface area contributed by atoms with Crippen LogP contribution in [-0.4, -0.2) is 19.5 Å². The van der Waals surface area contributed by atoms with E-state index in [1.807, 2.05) is 18.3 Å². The van der Waals surface area contributed by atoms with Gasteiger partial charge in [0.1, 0.15) is 17.1 Å². The van der Waals surface area contributed by atoms with Crippen LogP contribution in [0.3, 0.4) is 0 Å². The monoisotopic (exact) mass is 370 g/mol. The number of hydrogen-bond donors (Lipinski definition) is 0. The lowest BCUT2D eigenvalue weighted by atomic mass is 10.3. The van der Waals surface area contributed by atoms with E-state index >= 15 is 0 Å². The lowest BCUT2D eigenvalue weighted by Gasteiger charge is -2.04. The van der Waals surface area contributed by atoms with Crippen molar-refractivity contribution in [3.63, 3.8) is 0 Å². The molecular weight excluding hydrogens is 363 g/mol. The summed E-state index contributed by atoms with van der Waals surface area (Å²) in [7, 11) is 0. The number of fused-ring (bicyclic) bond motifs is 1. The Labute approximate surface area is 122 Å². The largest absolute Gasteiger partial charge is 0.327 e. The lowest BCUT2D eigenvalue weighted by molar-refractivity contribution is 0.820. The van der Waals surface area contributed by atoms with Gasteiger partial charge in [-0.25, -0.2) is 9.97 Å². The van der Waals surface area contributed by atoms with Gasteiger partial charge in [0.2, 0.25) is 0 Å². The molecule has 0 radical (unpaired) electrons. The molecule has 0 aliphatic carbocycles. The normalized spacial score (nSPS) is 11.0. The maximum absolute atomic E-state index is 6.10. The zero-order valence-corrected chi connectivity index (χ0v) is 12.1. The highest BCUT2D eigenvalue weighted by Crippen LogP contribution is 2.27. The molecule has 0 atom stereocenters. The van der Waals surface area contributed by atoms with Gasteiger partial charge in [-0.1, -0.05) is 11.6 Å². The summed E-state index contributed by atoms with van der Waals surface area (Å²) in [6.45, 7) is 0.745. The summed E-state index contributed by atoms with van der Waals surface area (Å²) >= 11 is 8.35. The predicted octanol–water partition coefficient (Wildman–Crippen LogP) is 3.13. The van der Waals surface area contributed by atoms with Crippen molar-refractivity contribution in [3.05, 3.63) is 51.3 Å². The molecule has 0 unspecified atom stereocenters. The van der Waals surface area contributed by atoms with E-state index in [9.17, 15) is 0 Å². The van der Waals surface area contributed by atoms with Gasteiger partial charge in [-0.05, 0) is 40.3 Å². The quantitative estimate of drug-likeness (QED) is 0.514.